The molecule has 3 aromatic rings. The van der Waals surface area contributed by atoms with Crippen molar-refractivity contribution in [3.05, 3.63) is 71.4 Å². The van der Waals surface area contributed by atoms with Gasteiger partial charge in [-0.05, 0) is 55.2 Å². The van der Waals surface area contributed by atoms with Crippen molar-refractivity contribution in [3.8, 4) is 11.3 Å². The van der Waals surface area contributed by atoms with Crippen molar-refractivity contribution in [1.82, 2.24) is 10.5 Å². The zero-order chi connectivity index (χ0) is 20.5. The number of amides is 2. The van der Waals surface area contributed by atoms with E-state index in [1.165, 1.54) is 0 Å². The molecule has 2 aliphatic rings. The van der Waals surface area contributed by atoms with E-state index in [1.54, 1.807) is 23.2 Å². The van der Waals surface area contributed by atoms with Crippen LogP contribution in [0.25, 0.3) is 11.3 Å². The number of carbonyl (C=O) groups is 2. The van der Waals surface area contributed by atoms with E-state index in [2.05, 4.69) is 10.5 Å². The predicted octanol–water partition coefficient (Wildman–Crippen LogP) is 3.59. The van der Waals surface area contributed by atoms with Crippen molar-refractivity contribution in [2.24, 2.45) is 0 Å². The highest BCUT2D eigenvalue weighted by molar-refractivity contribution is 5.94. The highest BCUT2D eigenvalue weighted by Gasteiger charge is 2.33. The number of ether oxygens (including phenoxy) is 1. The smallest absolute Gasteiger partial charge is 0.414 e. The number of rotatable bonds is 4. The second kappa shape index (κ2) is 7.67. The molecule has 2 aromatic carbocycles. The van der Waals surface area contributed by atoms with Crippen LogP contribution >= 0.6 is 0 Å². The van der Waals surface area contributed by atoms with Crippen LogP contribution in [0.1, 0.15) is 27.9 Å². The molecule has 5 rings (SSSR count). The predicted molar refractivity (Wildman–Crippen MR) is 110 cm³/mol. The molecule has 0 saturated carbocycles. The minimum atomic E-state index is -0.400. The molecule has 152 valence electrons. The van der Waals surface area contributed by atoms with Crippen LogP contribution in [0.2, 0.25) is 0 Å². The number of cyclic esters (lactones) is 1. The summed E-state index contributed by atoms with van der Waals surface area (Å²) in [4.78, 5) is 26.3. The lowest BCUT2D eigenvalue weighted by molar-refractivity contribution is 0.0916. The highest BCUT2D eigenvalue weighted by Crippen LogP contribution is 2.35. The molecule has 0 spiro atoms. The Morgan fingerprint density at radius 2 is 1.97 bits per heavy atom. The first-order valence-electron chi connectivity index (χ1n) is 10.1. The number of aryl methyl sites for hydroxylation is 2. The molecular weight excluding hydrogens is 382 g/mol. The average molecular weight is 403 g/mol. The van der Waals surface area contributed by atoms with Gasteiger partial charge in [-0.15, -0.1) is 0 Å². The Balaban J connectivity index is 1.28. The molecule has 0 radical (unpaired) electrons. The van der Waals surface area contributed by atoms with Gasteiger partial charge in [0, 0.05) is 22.4 Å². The molecule has 1 saturated heterocycles. The fourth-order valence-corrected chi connectivity index (χ4v) is 4.04. The molecule has 2 heterocycles. The number of nitrogens with one attached hydrogen (secondary N) is 1. The van der Waals surface area contributed by atoms with E-state index >= 15 is 0 Å². The molecule has 7 heteroatoms. The third-order valence-corrected chi connectivity index (χ3v) is 5.58. The first kappa shape index (κ1) is 18.4. The number of aromatic nitrogens is 1. The lowest BCUT2D eigenvalue weighted by Gasteiger charge is -2.16. The van der Waals surface area contributed by atoms with Gasteiger partial charge in [-0.2, -0.15) is 0 Å². The SMILES string of the molecule is O=C(NCC1CN(c2ccc3c(c2)CCCc2cnoc2-3)C(=O)O1)c1ccccc1. The van der Waals surface area contributed by atoms with E-state index in [0.29, 0.717) is 12.1 Å². The summed E-state index contributed by atoms with van der Waals surface area (Å²) in [6.07, 6.45) is 3.83. The third kappa shape index (κ3) is 3.43. The summed E-state index contributed by atoms with van der Waals surface area (Å²) in [6.45, 7) is 0.655. The van der Waals surface area contributed by atoms with Gasteiger partial charge in [-0.25, -0.2) is 4.79 Å². The number of carbonyl (C=O) groups excluding carboxylic acids is 2. The average Bonchev–Trinajstić information content (AvgIpc) is 3.35. The third-order valence-electron chi connectivity index (χ3n) is 5.58. The maximum absolute atomic E-state index is 12.5. The van der Waals surface area contributed by atoms with Crippen molar-refractivity contribution in [2.75, 3.05) is 18.0 Å². The lowest BCUT2D eigenvalue weighted by atomic mass is 10.0. The maximum Gasteiger partial charge on any atom is 0.414 e. The van der Waals surface area contributed by atoms with Crippen LogP contribution in [0.5, 0.6) is 0 Å². The van der Waals surface area contributed by atoms with E-state index in [0.717, 1.165) is 47.4 Å². The maximum atomic E-state index is 12.5. The minimum absolute atomic E-state index is 0.182. The van der Waals surface area contributed by atoms with Crippen LogP contribution in [-0.2, 0) is 17.6 Å². The Kier molecular flexibility index (Phi) is 4.71. The van der Waals surface area contributed by atoms with Crippen LogP contribution in [0.3, 0.4) is 0 Å². The molecule has 1 unspecified atom stereocenters. The van der Waals surface area contributed by atoms with Crippen molar-refractivity contribution >= 4 is 17.7 Å². The first-order chi connectivity index (χ1) is 14.7. The minimum Gasteiger partial charge on any atom is -0.442 e. The molecule has 7 nitrogen and oxygen atoms in total. The summed E-state index contributed by atoms with van der Waals surface area (Å²) in [5.41, 5.74) is 4.66. The Hall–Kier alpha value is -3.61. The van der Waals surface area contributed by atoms with Crippen LogP contribution in [0.4, 0.5) is 10.5 Å². The summed E-state index contributed by atoms with van der Waals surface area (Å²) in [6, 6.07) is 14.9. The summed E-state index contributed by atoms with van der Waals surface area (Å²) in [5, 5.41) is 6.77. The summed E-state index contributed by atoms with van der Waals surface area (Å²) in [7, 11) is 0. The highest BCUT2D eigenvalue weighted by atomic mass is 16.6. The second-order valence-electron chi connectivity index (χ2n) is 7.57. The number of benzene rings is 2. The Labute approximate surface area is 173 Å². The van der Waals surface area contributed by atoms with Gasteiger partial charge < -0.3 is 14.6 Å². The number of hydrogen-bond donors (Lipinski definition) is 1. The zero-order valence-corrected chi connectivity index (χ0v) is 16.3. The molecule has 1 aromatic heterocycles. The number of hydrogen-bond acceptors (Lipinski definition) is 5. The van der Waals surface area contributed by atoms with Crippen LogP contribution in [-0.4, -0.2) is 36.4 Å². The van der Waals surface area contributed by atoms with Gasteiger partial charge in [0.25, 0.3) is 5.91 Å². The topological polar surface area (TPSA) is 84.7 Å². The van der Waals surface area contributed by atoms with E-state index in [4.69, 9.17) is 9.26 Å². The molecule has 1 aliphatic heterocycles. The van der Waals surface area contributed by atoms with Gasteiger partial charge in [-0.1, -0.05) is 23.4 Å². The van der Waals surface area contributed by atoms with Crippen molar-refractivity contribution in [2.45, 2.75) is 25.4 Å². The number of fused-ring (bicyclic) bond motifs is 3. The summed E-state index contributed by atoms with van der Waals surface area (Å²) < 4.78 is 10.9. The van der Waals surface area contributed by atoms with E-state index in [1.807, 2.05) is 36.4 Å². The molecule has 1 fully saturated rings. The van der Waals surface area contributed by atoms with E-state index < -0.39 is 12.2 Å². The van der Waals surface area contributed by atoms with Crippen molar-refractivity contribution < 1.29 is 18.8 Å². The Morgan fingerprint density at radius 3 is 2.83 bits per heavy atom. The van der Waals surface area contributed by atoms with Gasteiger partial charge >= 0.3 is 6.09 Å². The van der Waals surface area contributed by atoms with Crippen molar-refractivity contribution in [1.29, 1.82) is 0 Å². The Morgan fingerprint density at radius 1 is 1.13 bits per heavy atom. The molecule has 1 aliphatic carbocycles. The van der Waals surface area contributed by atoms with Gasteiger partial charge in [0.05, 0.1) is 19.3 Å². The van der Waals surface area contributed by atoms with Crippen LogP contribution in [0.15, 0.2) is 59.3 Å². The van der Waals surface area contributed by atoms with Gasteiger partial charge in [0.2, 0.25) is 0 Å². The van der Waals surface area contributed by atoms with Crippen LogP contribution in [0, 0.1) is 0 Å². The van der Waals surface area contributed by atoms with Gasteiger partial charge in [0.15, 0.2) is 5.76 Å². The largest absolute Gasteiger partial charge is 0.442 e. The molecule has 2 amide bonds. The lowest BCUT2D eigenvalue weighted by Crippen LogP contribution is -2.34. The summed E-state index contributed by atoms with van der Waals surface area (Å²) >= 11 is 0. The second-order valence-corrected chi connectivity index (χ2v) is 7.57. The quantitative estimate of drug-likeness (QED) is 0.720. The fourth-order valence-electron chi connectivity index (χ4n) is 4.04. The molecule has 1 atom stereocenters. The monoisotopic (exact) mass is 403 g/mol. The molecule has 1 N–H and O–H groups in total. The van der Waals surface area contributed by atoms with Gasteiger partial charge in [-0.3, -0.25) is 9.69 Å². The molecule has 30 heavy (non-hydrogen) atoms. The van der Waals surface area contributed by atoms with E-state index in [9.17, 15) is 9.59 Å². The van der Waals surface area contributed by atoms with Gasteiger partial charge in [0.1, 0.15) is 6.10 Å². The van der Waals surface area contributed by atoms with E-state index in [-0.39, 0.29) is 12.5 Å². The molecule has 0 bridgehead atoms. The standard InChI is InChI=1S/C23H21N3O4/c27-22(15-5-2-1-3-6-15)24-13-19-14-26(23(28)29-19)18-9-10-20-16(11-18)7-4-8-17-12-25-30-21(17)20/h1-3,5-6,9-12,19H,4,7-8,13-14H2,(H,24,27). The number of nitrogens with zero attached hydrogens (tertiary/aromatic N) is 2. The van der Waals surface area contributed by atoms with Crippen molar-refractivity contribution in [3.63, 3.8) is 0 Å². The first-order valence-corrected chi connectivity index (χ1v) is 10.1. The molecular formula is C23H21N3O4. The summed E-state index contributed by atoms with van der Waals surface area (Å²) in [5.74, 6) is 0.637. The number of anilines is 1. The Bertz CT molecular complexity index is 1090. The normalized spacial score (nSPS) is 17.7. The van der Waals surface area contributed by atoms with Crippen LogP contribution < -0.4 is 10.2 Å². The zero-order valence-electron chi connectivity index (χ0n) is 16.3. The fraction of sp³-hybridized carbons (Fsp3) is 0.261.